The molecule has 28 heteroatoms. The van der Waals surface area contributed by atoms with E-state index in [9.17, 15) is 38.4 Å². The summed E-state index contributed by atoms with van der Waals surface area (Å²) in [5, 5.41) is 39.8. The van der Waals surface area contributed by atoms with Crippen molar-refractivity contribution in [1.29, 1.82) is 15.8 Å². The summed E-state index contributed by atoms with van der Waals surface area (Å²) in [4.78, 5) is 100. The van der Waals surface area contributed by atoms with Crippen LogP contribution in [0, 0.1) is 66.6 Å². The Labute approximate surface area is 888 Å². The number of carboxylic acid groups (broad SMARTS) is 1. The molecule has 1 aliphatic rings. The number of nitrogen functional groups attached to an aromatic ring is 2. The van der Waals surface area contributed by atoms with Crippen molar-refractivity contribution in [2.75, 3.05) is 39.4 Å². The van der Waals surface area contributed by atoms with E-state index in [1.165, 1.54) is 36.4 Å². The van der Waals surface area contributed by atoms with E-state index in [1.807, 2.05) is 156 Å². The number of nitriles is 3. The SMILES string of the molecule is C.CC(=O)CCc1ccc2c(C(=O)CCl)c(C)n(-c3ccc(C#N)cc3)c2c1.CC(=O)CCc1ccc2c(C(=O)CN3CCCCC3)c(C)n(-c3ccc(C#N)cc3)c2c1.CC(=O)CCc1ccc2cc(C)[nH]c2c1.CC(=O)CCc1ccc2cc(C)n(-c3ccc(C#N)cc3)c2c1.CC(=O)CCc1cccc(N)c1.Cl.IC(I)I.ICI.Nc1cccc(CCC(=O)O)c1.[CH2-]I.[V]. The Kier molecular flexibility index (Phi) is 56.0. The van der Waals surface area contributed by atoms with Gasteiger partial charge in [0.1, 0.15) is 28.9 Å². The standard InChI is InChI=1S/C27H29N3O2.C22H19ClN2O2.C20H18N2O.C13H15NO.C10H13NO.C9H11NO2.CHI3.CH2I2.CH2I.CH4.ClH.V/c1-19(31)6-7-21-10-13-24-25(16-21)30(23-11-8-22(17-28)9-12-23)20(2)27(24)26(32)18-29-14-4-3-5-15-29;1-14(26)3-4-16-7-10-19-20(11-16)25(15(2)22(19)21(27)12-23)18-8-5-17(13-24)6-9-18;1-14-11-18-8-5-16(4-3-15(2)23)12-20(18)22(14)19-9-6-17(13-21)7-10-19;1-9-7-12-6-5-11(4-3-10(2)15)8-13(12)14-9;1-8(12)5-6-9-3-2-4-10(11)7-9;10-8-3-1-2-7(6-8)4-5-9(11)12;2-1(3)4;2-1-3;1-2;;;/h8-13,16H,3-7,14-15,18H2,1-2H3;5-11H,3-4,12H2,1-2H3;5-12H,3-4H2,1-2H3;5-8,14H,3-4H2,1-2H3;2-4,7H,5-6,11H2,1H3;1-3,6H,4-5,10H2,(H,11,12);1H;1H2;1H2;1H4;1H;/q;;;;;;;;-1;;;. The number of halogens is 8. The third kappa shape index (κ3) is 39.5. The molecule has 9 aromatic carbocycles. The van der Waals surface area contributed by atoms with E-state index < -0.39 is 5.97 Å². The molecular formula is C105H115Cl2I6N10O9V-. The van der Waals surface area contributed by atoms with E-state index in [4.69, 9.17) is 44.0 Å². The summed E-state index contributed by atoms with van der Waals surface area (Å²) in [5.74, 6) is 0.157. The van der Waals surface area contributed by atoms with Crippen LogP contribution in [0.25, 0.3) is 60.7 Å². The topological polar surface area (TPSA) is 314 Å². The van der Waals surface area contributed by atoms with Crippen molar-refractivity contribution in [3.8, 4) is 35.3 Å². The van der Waals surface area contributed by atoms with Gasteiger partial charge in [0.2, 0.25) is 0 Å². The first-order chi connectivity index (χ1) is 62.2. The molecule has 1 fully saturated rings. The molecule has 1 radical (unpaired) electrons. The molecule has 14 rings (SSSR count). The average molecular weight is 2540 g/mol. The number of carboxylic acids is 1. The summed E-state index contributed by atoms with van der Waals surface area (Å²) in [6.45, 7) is 18.5. The van der Waals surface area contributed by atoms with E-state index in [0.717, 1.165) is 146 Å². The molecule has 1 aliphatic heterocycles. The fourth-order valence-corrected chi connectivity index (χ4v) is 15.0. The fraction of sp³-hybridized carbons (Fsp3) is 0.295. The van der Waals surface area contributed by atoms with Crippen molar-refractivity contribution in [3.63, 3.8) is 0 Å². The normalized spacial score (nSPS) is 10.9. The first-order valence-corrected chi connectivity index (χ1v) is 51.1. The summed E-state index contributed by atoms with van der Waals surface area (Å²) in [5.41, 5.74) is 33.4. The molecule has 701 valence electrons. The summed E-state index contributed by atoms with van der Waals surface area (Å²) < 4.78 is 8.24. The number of hydrogen-bond donors (Lipinski definition) is 4. The molecule has 5 heterocycles. The molecule has 0 bridgehead atoms. The second-order valence-electron chi connectivity index (χ2n) is 31.2. The molecular weight excluding hydrogens is 2430 g/mol. The molecule has 1 saturated heterocycles. The number of carbonyl (C=O) groups is 8. The number of nitrogens with one attached hydrogen (secondary N) is 1. The number of rotatable bonds is 26. The average Bonchev–Trinajstić information content (AvgIpc) is 1.61. The molecule has 0 spiro atoms. The van der Waals surface area contributed by atoms with Gasteiger partial charge in [-0.1, -0.05) is 200 Å². The zero-order valence-corrected chi connectivity index (χ0v) is 91.5. The van der Waals surface area contributed by atoms with Crippen LogP contribution in [0.15, 0.2) is 206 Å². The monoisotopic (exact) mass is 2540 g/mol. The maximum absolute atomic E-state index is 13.5. The summed E-state index contributed by atoms with van der Waals surface area (Å²) in [7, 11) is 0. The number of benzene rings is 9. The number of Topliss-reactive ketones (excluding diaryl/α,β-unsaturated/α-hetero) is 7. The first-order valence-electron chi connectivity index (χ1n) is 42.2. The Bertz CT molecular complexity index is 6100. The third-order valence-electron chi connectivity index (χ3n) is 21.0. The number of H-pyrrole nitrogens is 1. The molecule has 4 aromatic heterocycles. The number of aromatic nitrogens is 4. The predicted octanol–water partition coefficient (Wildman–Crippen LogP) is 26.8. The molecule has 0 amide bonds. The zero-order valence-electron chi connectivity index (χ0n) is 75.6. The van der Waals surface area contributed by atoms with Crippen LogP contribution in [0.1, 0.15) is 193 Å². The van der Waals surface area contributed by atoms with Gasteiger partial charge in [-0.15, -0.1) is 24.0 Å². The Morgan fingerprint density at radius 1 is 0.451 bits per heavy atom. The smallest absolute Gasteiger partial charge is 0.303 e. The van der Waals surface area contributed by atoms with Gasteiger partial charge < -0.3 is 81.8 Å². The van der Waals surface area contributed by atoms with Gasteiger partial charge in [-0.2, -0.15) is 15.8 Å². The number of fused-ring (bicyclic) bond motifs is 4. The van der Waals surface area contributed by atoms with Crippen LogP contribution in [-0.2, 0) is 85.8 Å². The van der Waals surface area contributed by atoms with Crippen LogP contribution in [0.4, 0.5) is 11.4 Å². The minimum Gasteiger partial charge on any atom is -0.481 e. The van der Waals surface area contributed by atoms with Crippen molar-refractivity contribution in [1.82, 2.24) is 23.6 Å². The van der Waals surface area contributed by atoms with Crippen LogP contribution in [0.5, 0.6) is 0 Å². The molecule has 0 unspecified atom stereocenters. The number of anilines is 2. The Hall–Kier alpha value is -8.13. The molecule has 0 aliphatic carbocycles. The predicted molar refractivity (Wildman–Crippen MR) is 596 cm³/mol. The quantitative estimate of drug-likeness (QED) is 0.0129. The zero-order chi connectivity index (χ0) is 95.7. The van der Waals surface area contributed by atoms with Crippen LogP contribution in [-0.4, -0.2) is 103 Å². The number of ketones is 7. The van der Waals surface area contributed by atoms with Crippen molar-refractivity contribution < 1.29 is 62.0 Å². The molecule has 0 atom stereocenters. The molecule has 19 nitrogen and oxygen atoms in total. The molecule has 6 N–H and O–H groups in total. The molecule has 13 aromatic rings. The van der Waals surface area contributed by atoms with Crippen LogP contribution in [0.3, 0.4) is 0 Å². The third-order valence-corrected chi connectivity index (χ3v) is 21.3. The number of nitrogens with zero attached hydrogens (tertiary/aromatic N) is 7. The maximum Gasteiger partial charge on any atom is 0.303 e. The van der Waals surface area contributed by atoms with E-state index in [-0.39, 0.29) is 91.2 Å². The van der Waals surface area contributed by atoms with Crippen molar-refractivity contribution in [2.24, 2.45) is 0 Å². The minimum absolute atomic E-state index is 0. The molecule has 133 heavy (non-hydrogen) atoms. The number of nitrogens with two attached hydrogens (primary N) is 2. The summed E-state index contributed by atoms with van der Waals surface area (Å²) in [6.07, 6.45) is 10.8. The number of aromatic amines is 1. The molecule has 0 saturated carbocycles. The Balaban J connectivity index is 0.000000414. The van der Waals surface area contributed by atoms with Crippen molar-refractivity contribution >= 4 is 261 Å². The number of alkyl halides is 6. The van der Waals surface area contributed by atoms with E-state index >= 15 is 0 Å². The Morgan fingerprint density at radius 3 is 1.14 bits per heavy atom. The van der Waals surface area contributed by atoms with E-state index in [0.29, 0.717) is 85.9 Å². The number of carbonyl (C=O) groups excluding carboxylic acids is 7. The summed E-state index contributed by atoms with van der Waals surface area (Å²) in [6, 6.07) is 72.7. The second-order valence-corrected chi connectivity index (χ2v) is 46.8. The van der Waals surface area contributed by atoms with E-state index in [2.05, 4.69) is 224 Å². The van der Waals surface area contributed by atoms with Gasteiger partial charge in [-0.05, 0) is 299 Å². The van der Waals surface area contributed by atoms with Gasteiger partial charge >= 0.3 is 5.97 Å². The van der Waals surface area contributed by atoms with Gasteiger partial charge in [0, 0.05) is 141 Å². The van der Waals surface area contributed by atoms with Gasteiger partial charge in [0.05, 0.1) is 66.3 Å². The number of aliphatic carboxylic acids is 1. The van der Waals surface area contributed by atoms with Crippen LogP contribution < -0.4 is 11.5 Å². The van der Waals surface area contributed by atoms with Gasteiger partial charge in [0.15, 0.2) is 11.6 Å². The van der Waals surface area contributed by atoms with E-state index in [1.54, 1.807) is 71.0 Å². The Morgan fingerprint density at radius 2 is 0.782 bits per heavy atom. The number of hydrogen-bond acceptors (Lipinski definition) is 14. The van der Waals surface area contributed by atoms with Crippen LogP contribution in [0.2, 0.25) is 0 Å². The van der Waals surface area contributed by atoms with Gasteiger partial charge in [-0.25, -0.2) is 0 Å². The minimum atomic E-state index is -0.780. The number of piperidine rings is 1. The van der Waals surface area contributed by atoms with Crippen molar-refractivity contribution in [2.45, 2.75) is 166 Å². The maximum atomic E-state index is 13.5. The van der Waals surface area contributed by atoms with Crippen molar-refractivity contribution in [3.05, 3.63) is 295 Å². The number of likely N-dealkylation sites (tertiary alicyclic amines) is 1. The first kappa shape index (κ1) is 119. The number of aryl methyl sites for hydroxylation is 8. The second kappa shape index (κ2) is 62.6. The fourth-order valence-electron chi connectivity index (χ4n) is 14.8. The van der Waals surface area contributed by atoms with Crippen LogP contribution >= 0.6 is 160 Å². The van der Waals surface area contributed by atoms with Gasteiger partial charge in [-0.3, -0.25) is 24.2 Å². The van der Waals surface area contributed by atoms with Gasteiger partial charge in [0.25, 0.3) is 0 Å². The summed E-state index contributed by atoms with van der Waals surface area (Å²) >= 11 is 19.2. The largest absolute Gasteiger partial charge is 0.481 e.